The van der Waals surface area contributed by atoms with Crippen molar-refractivity contribution in [3.05, 3.63) is 48.5 Å². The maximum atomic E-state index is 13.1. The Balaban J connectivity index is 0.000000580. The van der Waals surface area contributed by atoms with Crippen molar-refractivity contribution in [1.29, 1.82) is 0 Å². The summed E-state index contributed by atoms with van der Waals surface area (Å²) < 4.78 is 0. The van der Waals surface area contributed by atoms with Crippen molar-refractivity contribution < 1.29 is 39.6 Å². The molecule has 37 heavy (non-hydrogen) atoms. The Hall–Kier alpha value is -4.16. The van der Waals surface area contributed by atoms with Gasteiger partial charge >= 0.3 is 11.9 Å². The third kappa shape index (κ3) is 9.09. The number of anilines is 4. The minimum atomic E-state index is -2.27. The number of hydrogen-bond acceptors (Lipinski definition) is 8. The van der Waals surface area contributed by atoms with Gasteiger partial charge in [0.2, 0.25) is 11.8 Å². The van der Waals surface area contributed by atoms with E-state index in [2.05, 4.69) is 10.6 Å². The summed E-state index contributed by atoms with van der Waals surface area (Å²) >= 11 is 0. The number of nitrogens with one attached hydrogen (secondary N) is 2. The molecule has 2 amide bonds. The van der Waals surface area contributed by atoms with Crippen molar-refractivity contribution in [1.82, 2.24) is 0 Å². The monoisotopic (exact) mass is 518 g/mol. The first-order valence-electron chi connectivity index (χ1n) is 11.5. The lowest BCUT2D eigenvalue weighted by atomic mass is 9.78. The average molecular weight is 519 g/mol. The van der Waals surface area contributed by atoms with Gasteiger partial charge in [0.05, 0.1) is 0 Å². The maximum absolute atomic E-state index is 13.1. The largest absolute Gasteiger partial charge is 0.479 e. The number of aliphatic carboxylic acids is 2. The number of carbonyl (C=O) groups is 4. The van der Waals surface area contributed by atoms with Crippen LogP contribution in [0.1, 0.15) is 39.5 Å². The van der Waals surface area contributed by atoms with E-state index in [-0.39, 0.29) is 11.8 Å². The molecule has 12 nitrogen and oxygen atoms in total. The summed E-state index contributed by atoms with van der Waals surface area (Å²) in [5, 5.41) is 38.2. The summed E-state index contributed by atoms with van der Waals surface area (Å²) in [6.07, 6.45) is -2.03. The fraction of sp³-hybridized carbons (Fsp3) is 0.360. The maximum Gasteiger partial charge on any atom is 0.335 e. The highest BCUT2D eigenvalue weighted by molar-refractivity contribution is 6.14. The predicted molar refractivity (Wildman–Crippen MR) is 139 cm³/mol. The quantitative estimate of drug-likeness (QED) is 0.159. The Morgan fingerprint density at radius 2 is 1.22 bits per heavy atom. The minimum absolute atomic E-state index is 0.328. The van der Waals surface area contributed by atoms with Gasteiger partial charge in [-0.3, -0.25) is 9.59 Å². The van der Waals surface area contributed by atoms with E-state index in [0.29, 0.717) is 35.6 Å². The second kappa shape index (κ2) is 14.4. The molecule has 0 aromatic heterocycles. The number of nitrogens with two attached hydrogens (primary N) is 2. The summed E-state index contributed by atoms with van der Waals surface area (Å²) in [6, 6.07) is 13.9. The van der Waals surface area contributed by atoms with E-state index in [4.69, 9.17) is 31.9 Å². The molecule has 2 unspecified atom stereocenters. The predicted octanol–water partition coefficient (Wildman–Crippen LogP) is 1.89. The summed E-state index contributed by atoms with van der Waals surface area (Å²) in [5.41, 5.74) is 12.7. The number of benzene rings is 2. The Morgan fingerprint density at radius 3 is 1.51 bits per heavy atom. The molecule has 10 N–H and O–H groups in total. The van der Waals surface area contributed by atoms with Gasteiger partial charge < -0.3 is 42.5 Å². The van der Waals surface area contributed by atoms with Crippen LogP contribution in [0.3, 0.4) is 0 Å². The molecule has 0 fully saturated rings. The first-order valence-corrected chi connectivity index (χ1v) is 11.5. The highest BCUT2D eigenvalue weighted by atomic mass is 16.4. The Morgan fingerprint density at radius 1 is 0.811 bits per heavy atom. The van der Waals surface area contributed by atoms with Gasteiger partial charge in [0.25, 0.3) is 0 Å². The van der Waals surface area contributed by atoms with Crippen LogP contribution < -0.4 is 22.1 Å². The van der Waals surface area contributed by atoms with Gasteiger partial charge in [0.1, 0.15) is 5.41 Å². The van der Waals surface area contributed by atoms with Crippen LogP contribution in [0.5, 0.6) is 0 Å². The molecule has 0 saturated heterocycles. The number of aliphatic hydroxyl groups excluding tert-OH is 2. The fourth-order valence-electron chi connectivity index (χ4n) is 3.31. The molecule has 0 saturated carbocycles. The Labute approximate surface area is 214 Å². The van der Waals surface area contributed by atoms with E-state index in [1.807, 2.05) is 13.8 Å². The molecule has 2 atom stereocenters. The lowest BCUT2D eigenvalue weighted by molar-refractivity contribution is -0.165. The highest BCUT2D eigenvalue weighted by Gasteiger charge is 2.43. The third-order valence-corrected chi connectivity index (χ3v) is 5.52. The number of rotatable bonds is 11. The summed E-state index contributed by atoms with van der Waals surface area (Å²) in [4.78, 5) is 45.8. The normalized spacial score (nSPS) is 12.3. The van der Waals surface area contributed by atoms with Gasteiger partial charge in [-0.15, -0.1) is 0 Å². The lowest BCUT2D eigenvalue weighted by Gasteiger charge is -2.30. The molecule has 2 rings (SSSR count). The first kappa shape index (κ1) is 30.9. The number of amides is 2. The molecule has 0 heterocycles. The molecule has 0 aliphatic rings. The second-order valence-corrected chi connectivity index (χ2v) is 8.26. The van der Waals surface area contributed by atoms with Gasteiger partial charge in [-0.25, -0.2) is 9.59 Å². The van der Waals surface area contributed by atoms with Crippen molar-refractivity contribution >= 4 is 46.5 Å². The van der Waals surface area contributed by atoms with Crippen molar-refractivity contribution in [2.24, 2.45) is 5.41 Å². The smallest absolute Gasteiger partial charge is 0.335 e. The number of hydrogen-bond donors (Lipinski definition) is 8. The van der Waals surface area contributed by atoms with Gasteiger partial charge in [0, 0.05) is 22.7 Å². The van der Waals surface area contributed by atoms with Crippen LogP contribution in [-0.2, 0) is 19.2 Å². The van der Waals surface area contributed by atoms with Crippen LogP contribution >= 0.6 is 0 Å². The van der Waals surface area contributed by atoms with Crippen molar-refractivity contribution in [2.75, 3.05) is 22.1 Å². The van der Waals surface area contributed by atoms with Gasteiger partial charge in [-0.2, -0.15) is 0 Å². The average Bonchev–Trinajstić information content (AvgIpc) is 2.84. The molecule has 12 heteroatoms. The molecule has 202 valence electrons. The number of unbranched alkanes of at least 4 members (excludes halogenated alkanes) is 1. The van der Waals surface area contributed by atoms with E-state index in [0.717, 1.165) is 12.8 Å². The fourth-order valence-corrected chi connectivity index (χ4v) is 3.31. The van der Waals surface area contributed by atoms with Gasteiger partial charge in [0.15, 0.2) is 12.2 Å². The summed E-state index contributed by atoms with van der Waals surface area (Å²) in [6.45, 7) is 3.89. The highest BCUT2D eigenvalue weighted by Crippen LogP contribution is 2.33. The molecular weight excluding hydrogens is 484 g/mol. The zero-order valence-electron chi connectivity index (χ0n) is 20.7. The van der Waals surface area contributed by atoms with Crippen LogP contribution in [0.25, 0.3) is 0 Å². The number of carboxylic acid groups (broad SMARTS) is 2. The first-order chi connectivity index (χ1) is 17.4. The summed E-state index contributed by atoms with van der Waals surface area (Å²) in [7, 11) is 0. The Kier molecular flexibility index (Phi) is 12.0. The molecular formula is C25H34N4O8. The summed E-state index contributed by atoms with van der Waals surface area (Å²) in [5.74, 6) is -4.19. The lowest BCUT2D eigenvalue weighted by Crippen LogP contribution is -2.46. The van der Waals surface area contributed by atoms with Crippen LogP contribution in [0.2, 0.25) is 0 Å². The molecule has 2 aromatic rings. The molecule has 0 spiro atoms. The standard InChI is InChI=1S/C21H28N4O2.C4H6O6/c1-3-5-12-21(4-2,19(26)24-17-10-6-8-15(22)13-17)20(27)25-18-11-7-9-16(23)14-18;5-1(3(7)8)2(6)4(9)10/h6-11,13-14H,3-5,12,22-23H2,1-2H3,(H,24,26)(H,25,27);1-2,5-6H,(H,7,8)(H,9,10). The second-order valence-electron chi connectivity index (χ2n) is 8.26. The van der Waals surface area contributed by atoms with Crippen LogP contribution in [0.15, 0.2) is 48.5 Å². The van der Waals surface area contributed by atoms with E-state index in [9.17, 15) is 19.2 Å². The van der Waals surface area contributed by atoms with Crippen LogP contribution in [0.4, 0.5) is 22.7 Å². The van der Waals surface area contributed by atoms with Crippen molar-refractivity contribution in [3.8, 4) is 0 Å². The van der Waals surface area contributed by atoms with Gasteiger partial charge in [-0.05, 0) is 49.2 Å². The molecule has 0 radical (unpaired) electrons. The molecule has 0 aliphatic heterocycles. The third-order valence-electron chi connectivity index (χ3n) is 5.52. The zero-order valence-corrected chi connectivity index (χ0v) is 20.7. The van der Waals surface area contributed by atoms with E-state index >= 15 is 0 Å². The zero-order chi connectivity index (χ0) is 28.2. The SMILES string of the molecule is CCCCC(CC)(C(=O)Nc1cccc(N)c1)C(=O)Nc1cccc(N)c1.O=C(O)C(O)C(O)C(=O)O. The number of carboxylic acids is 2. The van der Waals surface area contributed by atoms with Crippen molar-refractivity contribution in [3.63, 3.8) is 0 Å². The van der Waals surface area contributed by atoms with Gasteiger partial charge in [-0.1, -0.05) is 38.8 Å². The van der Waals surface area contributed by atoms with E-state index < -0.39 is 29.6 Å². The van der Waals surface area contributed by atoms with Crippen molar-refractivity contribution in [2.45, 2.75) is 51.7 Å². The minimum Gasteiger partial charge on any atom is -0.479 e. The number of aliphatic hydroxyl groups is 2. The number of nitrogen functional groups attached to an aromatic ring is 2. The number of carbonyl (C=O) groups excluding carboxylic acids is 2. The molecule has 2 aromatic carbocycles. The van der Waals surface area contributed by atoms with Crippen LogP contribution in [-0.4, -0.2) is 56.4 Å². The molecule has 0 bridgehead atoms. The van der Waals surface area contributed by atoms with E-state index in [1.165, 1.54) is 0 Å². The topological polar surface area (TPSA) is 225 Å². The molecule has 0 aliphatic carbocycles. The Bertz CT molecular complexity index is 1010. The van der Waals surface area contributed by atoms with Crippen LogP contribution in [0, 0.1) is 5.41 Å². The van der Waals surface area contributed by atoms with E-state index in [1.54, 1.807) is 48.5 Å².